The van der Waals surface area contributed by atoms with Gasteiger partial charge in [0.1, 0.15) is 29.0 Å². The number of β-lactam (4-membered cyclic amide) rings is 1. The summed E-state index contributed by atoms with van der Waals surface area (Å²) in [7, 11) is -3.51. The molecule has 1 aromatic heterocycles. The zero-order valence-electron chi connectivity index (χ0n) is 21.6. The molecule has 0 saturated carbocycles. The summed E-state index contributed by atoms with van der Waals surface area (Å²) in [6.07, 6.45) is 0.609. The number of fused-ring (bicyclic) bond motifs is 2. The van der Waals surface area contributed by atoms with Crippen molar-refractivity contribution in [1.82, 2.24) is 4.90 Å². The monoisotopic (exact) mass is 569 g/mol. The molecule has 0 spiro atoms. The minimum absolute atomic E-state index is 0. The van der Waals surface area contributed by atoms with Crippen molar-refractivity contribution < 1.29 is 41.1 Å². The van der Waals surface area contributed by atoms with Crippen LogP contribution < -0.4 is 5.82 Å². The Bertz CT molecular complexity index is 1350. The van der Waals surface area contributed by atoms with Crippen LogP contribution in [-0.2, 0) is 35.3 Å². The summed E-state index contributed by atoms with van der Waals surface area (Å²) < 4.78 is 42.1. The molecule has 0 N–H and O–H groups in total. The first kappa shape index (κ1) is 33.6. The third-order valence-corrected chi connectivity index (χ3v) is 9.34. The van der Waals surface area contributed by atoms with Gasteiger partial charge in [0.05, 0.1) is 23.3 Å². The molecule has 1 amide bonds. The third-order valence-electron chi connectivity index (χ3n) is 6.54. The second-order valence-electron chi connectivity index (χ2n) is 9.18. The predicted molar refractivity (Wildman–Crippen MR) is 144 cm³/mol. The Hall–Kier alpha value is -3.41. The fraction of sp³-hybridized carbons (Fsp3) is 0.556. The lowest BCUT2D eigenvalue weighted by molar-refractivity contribution is -0.161. The molecule has 39 heavy (non-hydrogen) atoms. The quantitative estimate of drug-likeness (QED) is 0.392. The molecule has 0 radical (unpaired) electrons. The molecule has 218 valence electrons. The van der Waals surface area contributed by atoms with Gasteiger partial charge in [-0.15, -0.1) is 0 Å². The van der Waals surface area contributed by atoms with Crippen LogP contribution in [0.25, 0.3) is 0 Å². The van der Waals surface area contributed by atoms with E-state index in [1.165, 1.54) is 13.8 Å². The highest BCUT2D eigenvalue weighted by molar-refractivity contribution is 7.93. The number of ether oxygens (including phenoxy) is 2. The Morgan fingerprint density at radius 1 is 1.10 bits per heavy atom. The van der Waals surface area contributed by atoms with Gasteiger partial charge >= 0.3 is 17.8 Å². The number of cyclic esters (lactones) is 1. The van der Waals surface area contributed by atoms with E-state index >= 15 is 0 Å². The number of carbonyl (C=O) groups excluding carboxylic acids is 3. The summed E-state index contributed by atoms with van der Waals surface area (Å²) in [6.45, 7) is 10.2. The standard InChI is InChI=1S/C10H15NO5S.C9H8O2.C6H8O3.2CH4/c1-4-16-9(13)8-10(2,3)17(14,15)7-5-6(12)11(7)8;1-6-7-4-2-3-5-8(7)9(10)11-6;1-3-5-4(2)8-6(7)9-5;;/h7-8H,4-5H2,1-3H3;2-6H,1H3;3H2,1-2H3;2*1H4/t7-,8+;;;;/m1..../s1. The topological polar surface area (TPSA) is 150 Å². The van der Waals surface area contributed by atoms with Crippen LogP contribution in [-0.4, -0.2) is 53.9 Å². The SMILES string of the molecule is C.C.CC1OC(=O)c2ccccc21.CCOC(=O)[C@@H]1N2C(=O)C[C@H]2S(=O)(=O)C1(C)C.CCc1oc(=O)oc1C. The summed E-state index contributed by atoms with van der Waals surface area (Å²) in [5.41, 5.74) is 1.71. The molecule has 3 aliphatic heterocycles. The van der Waals surface area contributed by atoms with Gasteiger partial charge in [0.25, 0.3) is 0 Å². The first-order valence-electron chi connectivity index (χ1n) is 11.9. The molecule has 2 saturated heterocycles. The van der Waals surface area contributed by atoms with Crippen LogP contribution >= 0.6 is 0 Å². The van der Waals surface area contributed by atoms with Crippen molar-refractivity contribution in [2.75, 3.05) is 6.61 Å². The van der Waals surface area contributed by atoms with Gasteiger partial charge in [-0.3, -0.25) is 4.79 Å². The second kappa shape index (κ2) is 12.6. The number of hydrogen-bond acceptors (Lipinski definition) is 10. The third kappa shape index (κ3) is 6.10. The van der Waals surface area contributed by atoms with Crippen LogP contribution in [0.5, 0.6) is 0 Å². The number of nitrogens with zero attached hydrogens (tertiary/aromatic N) is 1. The van der Waals surface area contributed by atoms with Gasteiger partial charge in [0.2, 0.25) is 5.91 Å². The highest BCUT2D eigenvalue weighted by atomic mass is 32.2. The molecule has 0 bridgehead atoms. The minimum atomic E-state index is -3.51. The van der Waals surface area contributed by atoms with Gasteiger partial charge in [-0.25, -0.2) is 22.8 Å². The van der Waals surface area contributed by atoms with Crippen molar-refractivity contribution in [3.8, 4) is 0 Å². The summed E-state index contributed by atoms with van der Waals surface area (Å²) in [4.78, 5) is 45.8. The van der Waals surface area contributed by atoms with E-state index in [0.29, 0.717) is 23.5 Å². The van der Waals surface area contributed by atoms with Crippen molar-refractivity contribution in [3.05, 3.63) is 57.5 Å². The molecule has 3 aliphatic rings. The Balaban J connectivity index is 0.000000302. The average molecular weight is 570 g/mol. The average Bonchev–Trinajstić information content (AvgIpc) is 3.36. The van der Waals surface area contributed by atoms with Gasteiger partial charge in [-0.2, -0.15) is 0 Å². The van der Waals surface area contributed by atoms with Crippen molar-refractivity contribution in [3.63, 3.8) is 0 Å². The summed E-state index contributed by atoms with van der Waals surface area (Å²) in [5, 5.41) is -0.848. The molecule has 5 rings (SSSR count). The molecule has 1 unspecified atom stereocenters. The van der Waals surface area contributed by atoms with Crippen LogP contribution in [0.1, 0.15) is 89.4 Å². The zero-order chi connectivity index (χ0) is 27.7. The van der Waals surface area contributed by atoms with Gasteiger partial charge in [-0.05, 0) is 40.7 Å². The van der Waals surface area contributed by atoms with E-state index in [1.54, 1.807) is 19.9 Å². The Morgan fingerprint density at radius 2 is 1.72 bits per heavy atom. The molecule has 2 aromatic rings. The number of rotatable bonds is 3. The van der Waals surface area contributed by atoms with Crippen molar-refractivity contribution in [2.24, 2.45) is 0 Å². The lowest BCUT2D eigenvalue weighted by Gasteiger charge is -2.36. The number of amides is 1. The highest BCUT2D eigenvalue weighted by Gasteiger charge is 2.68. The lowest BCUT2D eigenvalue weighted by atomic mass is 9.98. The maximum absolute atomic E-state index is 12.1. The van der Waals surface area contributed by atoms with E-state index in [-0.39, 0.29) is 45.9 Å². The summed E-state index contributed by atoms with van der Waals surface area (Å²) in [6, 6.07) is 6.46. The van der Waals surface area contributed by atoms with Gasteiger partial charge in [0.15, 0.2) is 9.84 Å². The fourth-order valence-corrected chi connectivity index (χ4v) is 6.57. The molecule has 1 aromatic carbocycles. The van der Waals surface area contributed by atoms with E-state index in [0.717, 1.165) is 10.5 Å². The van der Waals surface area contributed by atoms with Gasteiger partial charge in [0, 0.05) is 12.0 Å². The summed E-state index contributed by atoms with van der Waals surface area (Å²) in [5.74, 6) is -0.529. The zero-order valence-corrected chi connectivity index (χ0v) is 22.4. The largest absolute Gasteiger partial charge is 0.519 e. The molecule has 12 heteroatoms. The lowest BCUT2D eigenvalue weighted by Crippen LogP contribution is -2.57. The Morgan fingerprint density at radius 3 is 2.18 bits per heavy atom. The number of carbonyl (C=O) groups is 3. The molecular weight excluding hydrogens is 530 g/mol. The van der Waals surface area contributed by atoms with E-state index in [4.69, 9.17) is 9.47 Å². The number of aryl methyl sites for hydroxylation is 2. The minimum Gasteiger partial charge on any atom is -0.464 e. The van der Waals surface area contributed by atoms with Gasteiger partial charge in [-0.1, -0.05) is 40.0 Å². The molecule has 2 fully saturated rings. The number of hydrogen-bond donors (Lipinski definition) is 0. The smallest absolute Gasteiger partial charge is 0.464 e. The Kier molecular flexibility index (Phi) is 10.9. The van der Waals surface area contributed by atoms with E-state index < -0.39 is 37.8 Å². The van der Waals surface area contributed by atoms with Crippen molar-refractivity contribution in [2.45, 2.75) is 91.5 Å². The van der Waals surface area contributed by atoms with Crippen LogP contribution in [0.4, 0.5) is 0 Å². The van der Waals surface area contributed by atoms with E-state index in [1.807, 2.05) is 32.0 Å². The van der Waals surface area contributed by atoms with Gasteiger partial charge < -0.3 is 23.2 Å². The normalized spacial score (nSPS) is 22.6. The van der Waals surface area contributed by atoms with E-state index in [2.05, 4.69) is 8.83 Å². The second-order valence-corrected chi connectivity index (χ2v) is 11.9. The van der Waals surface area contributed by atoms with Crippen molar-refractivity contribution >= 4 is 27.7 Å². The van der Waals surface area contributed by atoms with Crippen LogP contribution in [0.3, 0.4) is 0 Å². The molecule has 11 nitrogen and oxygen atoms in total. The number of sulfone groups is 1. The first-order valence-corrected chi connectivity index (χ1v) is 13.4. The maximum Gasteiger partial charge on any atom is 0.519 e. The summed E-state index contributed by atoms with van der Waals surface area (Å²) >= 11 is 0. The Labute approximate surface area is 229 Å². The molecule has 0 aliphatic carbocycles. The van der Waals surface area contributed by atoms with Crippen LogP contribution in [0, 0.1) is 6.92 Å². The van der Waals surface area contributed by atoms with Crippen molar-refractivity contribution in [1.29, 1.82) is 0 Å². The molecular formula is C27H39NO10S. The molecule has 4 heterocycles. The number of benzene rings is 1. The highest BCUT2D eigenvalue weighted by Crippen LogP contribution is 2.46. The molecule has 3 atom stereocenters. The van der Waals surface area contributed by atoms with Crippen LogP contribution in [0.15, 0.2) is 37.9 Å². The van der Waals surface area contributed by atoms with Crippen LogP contribution in [0.2, 0.25) is 0 Å². The fourth-order valence-electron chi connectivity index (χ4n) is 4.45. The first-order chi connectivity index (χ1) is 17.3. The number of esters is 2. The maximum atomic E-state index is 12.1. The predicted octanol–water partition coefficient (Wildman–Crippen LogP) is 3.98. The van der Waals surface area contributed by atoms with E-state index in [9.17, 15) is 27.6 Å².